The molecule has 3 rings (SSSR count). The highest BCUT2D eigenvalue weighted by molar-refractivity contribution is 6.07. The first-order chi connectivity index (χ1) is 13.8. The number of carbonyl (C=O) groups is 2. The Morgan fingerprint density at radius 2 is 1.41 bits per heavy atom. The number of esters is 2. The molecule has 0 aliphatic carbocycles. The second-order valence-electron chi connectivity index (χ2n) is 6.94. The van der Waals surface area contributed by atoms with Crippen LogP contribution in [0.2, 0.25) is 0 Å². The van der Waals surface area contributed by atoms with Crippen molar-refractivity contribution in [3.63, 3.8) is 0 Å². The summed E-state index contributed by atoms with van der Waals surface area (Å²) in [5.74, 6) is -1.30. The number of carbonyl (C=O) groups excluding carboxylic acids is 2. The molecule has 0 fully saturated rings. The van der Waals surface area contributed by atoms with Gasteiger partial charge in [0.1, 0.15) is 11.3 Å². The van der Waals surface area contributed by atoms with E-state index in [2.05, 4.69) is 6.07 Å². The molecule has 0 unspecified atom stereocenters. The first-order valence-corrected chi connectivity index (χ1v) is 9.24. The molecule has 0 atom stereocenters. The predicted molar refractivity (Wildman–Crippen MR) is 111 cm³/mol. The summed E-state index contributed by atoms with van der Waals surface area (Å²) in [6, 6.07) is 11.3. The Labute approximate surface area is 170 Å². The van der Waals surface area contributed by atoms with E-state index in [0.29, 0.717) is 11.4 Å². The minimum Gasteiger partial charge on any atom is -0.465 e. The van der Waals surface area contributed by atoms with Crippen molar-refractivity contribution in [3.05, 3.63) is 69.9 Å². The fourth-order valence-electron chi connectivity index (χ4n) is 3.50. The van der Waals surface area contributed by atoms with Crippen molar-refractivity contribution in [1.82, 2.24) is 9.78 Å². The highest BCUT2D eigenvalue weighted by Crippen LogP contribution is 2.35. The maximum Gasteiger partial charge on any atom is 0.357 e. The molecule has 1 heterocycles. The van der Waals surface area contributed by atoms with Gasteiger partial charge in [-0.25, -0.2) is 14.3 Å². The smallest absolute Gasteiger partial charge is 0.357 e. The van der Waals surface area contributed by atoms with Crippen LogP contribution in [0.15, 0.2) is 36.4 Å². The third-order valence-electron chi connectivity index (χ3n) is 5.26. The van der Waals surface area contributed by atoms with Crippen LogP contribution in [0, 0.1) is 27.7 Å². The second kappa shape index (κ2) is 7.91. The van der Waals surface area contributed by atoms with Crippen LogP contribution in [0.4, 0.5) is 0 Å². The summed E-state index contributed by atoms with van der Waals surface area (Å²) in [6.07, 6.45) is 0. The number of methoxy groups -OCH3 is 2. The lowest BCUT2D eigenvalue weighted by molar-refractivity contribution is 0.0549. The van der Waals surface area contributed by atoms with E-state index in [1.807, 2.05) is 58.0 Å². The topological polar surface area (TPSA) is 70.4 Å². The standard InChI is InChI=1S/C23H24N2O4/c1-13-12-14(2)16(4)18(15(13)3)20-19(22(26)28-5)21(23(27)29-6)25(24-20)17-10-8-7-9-11-17/h7-12H,1-6H3. The number of benzene rings is 2. The molecule has 1 aromatic heterocycles. The molecule has 0 amide bonds. The van der Waals surface area contributed by atoms with Gasteiger partial charge in [0, 0.05) is 5.56 Å². The van der Waals surface area contributed by atoms with E-state index in [0.717, 1.165) is 27.8 Å². The van der Waals surface area contributed by atoms with Gasteiger partial charge in [0.15, 0.2) is 5.69 Å². The third-order valence-corrected chi connectivity index (χ3v) is 5.26. The lowest BCUT2D eigenvalue weighted by Gasteiger charge is -2.14. The minimum absolute atomic E-state index is 0.0403. The fourth-order valence-corrected chi connectivity index (χ4v) is 3.50. The molecule has 6 heteroatoms. The Bertz CT molecular complexity index is 1070. The zero-order chi connectivity index (χ0) is 21.3. The SMILES string of the molecule is COC(=O)c1c(-c2c(C)c(C)cc(C)c2C)nn(-c2ccccc2)c1C(=O)OC. The summed E-state index contributed by atoms with van der Waals surface area (Å²) in [4.78, 5) is 25.5. The van der Waals surface area contributed by atoms with Crippen molar-refractivity contribution in [2.24, 2.45) is 0 Å². The van der Waals surface area contributed by atoms with Crippen molar-refractivity contribution < 1.29 is 19.1 Å². The van der Waals surface area contributed by atoms with Crippen LogP contribution < -0.4 is 0 Å². The first kappa shape index (κ1) is 20.3. The molecule has 0 bridgehead atoms. The summed E-state index contributed by atoms with van der Waals surface area (Å²) in [5.41, 5.74) is 6.15. The Kier molecular flexibility index (Phi) is 5.55. The van der Waals surface area contributed by atoms with Gasteiger partial charge >= 0.3 is 11.9 Å². The summed E-state index contributed by atoms with van der Waals surface area (Å²) in [5, 5.41) is 4.71. The molecule has 0 N–H and O–H groups in total. The van der Waals surface area contributed by atoms with Crippen molar-refractivity contribution in [3.8, 4) is 16.9 Å². The Hall–Kier alpha value is -3.41. The van der Waals surface area contributed by atoms with Gasteiger partial charge in [-0.3, -0.25) is 0 Å². The highest BCUT2D eigenvalue weighted by atomic mass is 16.5. The lowest BCUT2D eigenvalue weighted by Crippen LogP contribution is -2.15. The molecular weight excluding hydrogens is 368 g/mol. The van der Waals surface area contributed by atoms with Crippen LogP contribution in [0.5, 0.6) is 0 Å². The minimum atomic E-state index is -0.660. The Morgan fingerprint density at radius 3 is 1.93 bits per heavy atom. The maximum absolute atomic E-state index is 12.8. The van der Waals surface area contributed by atoms with Crippen LogP contribution in [0.3, 0.4) is 0 Å². The monoisotopic (exact) mass is 392 g/mol. The Morgan fingerprint density at radius 1 is 0.862 bits per heavy atom. The number of rotatable bonds is 4. The highest BCUT2D eigenvalue weighted by Gasteiger charge is 2.32. The third kappa shape index (κ3) is 3.42. The zero-order valence-corrected chi connectivity index (χ0v) is 17.5. The van der Waals surface area contributed by atoms with Crippen molar-refractivity contribution in [1.29, 1.82) is 0 Å². The van der Waals surface area contributed by atoms with E-state index in [4.69, 9.17) is 14.6 Å². The van der Waals surface area contributed by atoms with Gasteiger partial charge < -0.3 is 9.47 Å². The average molecular weight is 392 g/mol. The van der Waals surface area contributed by atoms with Gasteiger partial charge in [-0.1, -0.05) is 24.3 Å². The normalized spacial score (nSPS) is 10.7. The number of para-hydroxylation sites is 1. The summed E-state index contributed by atoms with van der Waals surface area (Å²) in [7, 11) is 2.56. The van der Waals surface area contributed by atoms with Gasteiger partial charge in [-0.05, 0) is 62.1 Å². The molecule has 0 aliphatic heterocycles. The lowest BCUT2D eigenvalue weighted by atomic mass is 9.90. The van der Waals surface area contributed by atoms with E-state index in [1.54, 1.807) is 0 Å². The van der Waals surface area contributed by atoms with Crippen molar-refractivity contribution in [2.45, 2.75) is 27.7 Å². The molecule has 0 aliphatic rings. The molecule has 0 spiro atoms. The van der Waals surface area contributed by atoms with Crippen molar-refractivity contribution in [2.75, 3.05) is 14.2 Å². The predicted octanol–water partition coefficient (Wildman–Crippen LogP) is 4.35. The molecule has 29 heavy (non-hydrogen) atoms. The number of aromatic nitrogens is 2. The van der Waals surface area contributed by atoms with Crippen LogP contribution in [-0.2, 0) is 9.47 Å². The molecule has 0 saturated heterocycles. The first-order valence-electron chi connectivity index (χ1n) is 9.24. The van der Waals surface area contributed by atoms with E-state index in [1.165, 1.54) is 18.9 Å². The molecule has 0 radical (unpaired) electrons. The largest absolute Gasteiger partial charge is 0.465 e. The quantitative estimate of drug-likeness (QED) is 0.618. The van der Waals surface area contributed by atoms with Gasteiger partial charge in [-0.2, -0.15) is 5.10 Å². The molecule has 150 valence electrons. The van der Waals surface area contributed by atoms with E-state index < -0.39 is 11.9 Å². The van der Waals surface area contributed by atoms with E-state index >= 15 is 0 Å². The van der Waals surface area contributed by atoms with Crippen LogP contribution in [0.1, 0.15) is 43.1 Å². The molecule has 3 aromatic rings. The van der Waals surface area contributed by atoms with Crippen molar-refractivity contribution >= 4 is 11.9 Å². The molecule has 6 nitrogen and oxygen atoms in total. The van der Waals surface area contributed by atoms with Gasteiger partial charge in [-0.15, -0.1) is 0 Å². The number of hydrogen-bond acceptors (Lipinski definition) is 5. The summed E-state index contributed by atoms with van der Waals surface area (Å²) < 4.78 is 11.5. The number of aryl methyl sites for hydroxylation is 2. The van der Waals surface area contributed by atoms with Crippen LogP contribution in [0.25, 0.3) is 16.9 Å². The number of hydrogen-bond donors (Lipinski definition) is 0. The van der Waals surface area contributed by atoms with E-state index in [-0.39, 0.29) is 11.3 Å². The second-order valence-corrected chi connectivity index (χ2v) is 6.94. The molecule has 2 aromatic carbocycles. The van der Waals surface area contributed by atoms with Crippen LogP contribution in [-0.4, -0.2) is 35.9 Å². The Balaban J connectivity index is 2.48. The van der Waals surface area contributed by atoms with E-state index in [9.17, 15) is 9.59 Å². The van der Waals surface area contributed by atoms with Gasteiger partial charge in [0.25, 0.3) is 0 Å². The summed E-state index contributed by atoms with van der Waals surface area (Å²) >= 11 is 0. The average Bonchev–Trinajstić information content (AvgIpc) is 3.12. The zero-order valence-electron chi connectivity index (χ0n) is 17.5. The maximum atomic E-state index is 12.8. The molecule has 0 saturated carbocycles. The number of ether oxygens (including phenoxy) is 2. The fraction of sp³-hybridized carbons (Fsp3) is 0.261. The van der Waals surface area contributed by atoms with Gasteiger partial charge in [0.05, 0.1) is 19.9 Å². The van der Waals surface area contributed by atoms with Gasteiger partial charge in [0.2, 0.25) is 0 Å². The number of nitrogens with zero attached hydrogens (tertiary/aromatic N) is 2. The summed E-state index contributed by atoms with van der Waals surface area (Å²) in [6.45, 7) is 7.99. The van der Waals surface area contributed by atoms with Crippen LogP contribution >= 0.6 is 0 Å². The molecular formula is C23H24N2O4.